The van der Waals surface area contributed by atoms with Crippen LogP contribution in [0.25, 0.3) is 0 Å². The van der Waals surface area contributed by atoms with Gasteiger partial charge in [-0.05, 0) is 36.4 Å². The Balaban J connectivity index is 2.14. The van der Waals surface area contributed by atoms with E-state index in [1.807, 2.05) is 0 Å². The van der Waals surface area contributed by atoms with Gasteiger partial charge < -0.3 is 9.84 Å². The van der Waals surface area contributed by atoms with Crippen LogP contribution in [-0.2, 0) is 6.18 Å². The lowest BCUT2D eigenvalue weighted by molar-refractivity contribution is -0.137. The van der Waals surface area contributed by atoms with Crippen molar-refractivity contribution < 1.29 is 27.8 Å². The smallest absolute Gasteiger partial charge is 0.416 e. The molecule has 0 amide bonds. The number of halogens is 3. The molecule has 0 saturated heterocycles. The Bertz CT molecular complexity index is 618. The number of hydrogen-bond donors (Lipinski definition) is 1. The highest BCUT2D eigenvalue weighted by Crippen LogP contribution is 2.29. The number of alkyl halides is 3. The molecule has 20 heavy (non-hydrogen) atoms. The van der Waals surface area contributed by atoms with E-state index in [9.17, 15) is 23.1 Å². The third-order valence-electron chi connectivity index (χ3n) is 2.48. The van der Waals surface area contributed by atoms with Crippen LogP contribution in [0.4, 0.5) is 13.2 Å². The Morgan fingerprint density at radius 1 is 1.05 bits per heavy atom. The maximum atomic E-state index is 12.4. The van der Waals surface area contributed by atoms with E-state index in [0.29, 0.717) is 0 Å². The molecule has 0 heterocycles. The summed E-state index contributed by atoms with van der Waals surface area (Å²) in [6.45, 7) is 0. The van der Waals surface area contributed by atoms with Crippen LogP contribution < -0.4 is 4.74 Å². The molecular weight excluding hydrogens is 273 g/mol. The Labute approximate surface area is 112 Å². The van der Waals surface area contributed by atoms with Crippen molar-refractivity contribution in [3.8, 4) is 11.5 Å². The molecule has 0 unspecified atom stereocenters. The van der Waals surface area contributed by atoms with E-state index in [1.165, 1.54) is 24.3 Å². The van der Waals surface area contributed by atoms with Crippen LogP contribution in [0.3, 0.4) is 0 Å². The average molecular weight is 282 g/mol. The lowest BCUT2D eigenvalue weighted by Gasteiger charge is -2.08. The molecule has 2 aromatic carbocycles. The monoisotopic (exact) mass is 282 g/mol. The van der Waals surface area contributed by atoms with Crippen molar-refractivity contribution in [1.82, 2.24) is 0 Å². The van der Waals surface area contributed by atoms with Gasteiger partial charge in [-0.2, -0.15) is 13.2 Å². The van der Waals surface area contributed by atoms with Crippen LogP contribution in [0, 0.1) is 0 Å². The lowest BCUT2D eigenvalue weighted by Crippen LogP contribution is -2.10. The summed E-state index contributed by atoms with van der Waals surface area (Å²) < 4.78 is 42.0. The van der Waals surface area contributed by atoms with Crippen molar-refractivity contribution in [1.29, 1.82) is 0 Å². The van der Waals surface area contributed by atoms with Crippen molar-refractivity contribution in [3.05, 3.63) is 59.7 Å². The molecule has 0 aliphatic carbocycles. The molecule has 0 aromatic heterocycles. The fourth-order valence-corrected chi connectivity index (χ4v) is 1.51. The van der Waals surface area contributed by atoms with Crippen molar-refractivity contribution >= 4 is 5.97 Å². The first-order chi connectivity index (χ1) is 9.36. The van der Waals surface area contributed by atoms with Gasteiger partial charge in [-0.3, -0.25) is 0 Å². The van der Waals surface area contributed by atoms with E-state index in [1.54, 1.807) is 0 Å². The predicted molar refractivity (Wildman–Crippen MR) is 64.5 cm³/mol. The molecule has 2 aromatic rings. The normalized spacial score (nSPS) is 11.2. The maximum absolute atomic E-state index is 12.4. The lowest BCUT2D eigenvalue weighted by atomic mass is 10.1. The summed E-state index contributed by atoms with van der Waals surface area (Å²) >= 11 is 0. The Morgan fingerprint density at radius 3 is 2.25 bits per heavy atom. The highest BCUT2D eigenvalue weighted by atomic mass is 19.4. The van der Waals surface area contributed by atoms with E-state index < -0.39 is 17.7 Å². The second-order valence-corrected chi connectivity index (χ2v) is 3.96. The van der Waals surface area contributed by atoms with E-state index in [0.717, 1.165) is 24.3 Å². The molecule has 0 aliphatic rings. The molecule has 0 saturated carbocycles. The summed E-state index contributed by atoms with van der Waals surface area (Å²) in [7, 11) is 0. The molecule has 0 radical (unpaired) electrons. The molecular formula is C14H9F3O3. The molecule has 0 spiro atoms. The first-order valence-corrected chi connectivity index (χ1v) is 5.55. The largest absolute Gasteiger partial charge is 0.508 e. The molecule has 0 bridgehead atoms. The molecule has 2 rings (SSSR count). The maximum Gasteiger partial charge on any atom is 0.416 e. The van der Waals surface area contributed by atoms with Crippen molar-refractivity contribution in [2.45, 2.75) is 6.18 Å². The van der Waals surface area contributed by atoms with Crippen LogP contribution in [0.2, 0.25) is 0 Å². The van der Waals surface area contributed by atoms with E-state index in [4.69, 9.17) is 4.74 Å². The number of carbonyl (C=O) groups excluding carboxylic acids is 1. The van der Waals surface area contributed by atoms with Crippen molar-refractivity contribution in [2.75, 3.05) is 0 Å². The SMILES string of the molecule is O=C(Oc1cccc(O)c1)c1ccc(C(F)(F)F)cc1. The number of ether oxygens (including phenoxy) is 1. The summed E-state index contributed by atoms with van der Waals surface area (Å²) in [6, 6.07) is 9.23. The zero-order valence-corrected chi connectivity index (χ0v) is 10.0. The molecule has 6 heteroatoms. The van der Waals surface area contributed by atoms with Gasteiger partial charge in [-0.25, -0.2) is 4.79 Å². The van der Waals surface area contributed by atoms with Gasteiger partial charge in [0.1, 0.15) is 11.5 Å². The highest BCUT2D eigenvalue weighted by molar-refractivity contribution is 5.91. The summed E-state index contributed by atoms with van der Waals surface area (Å²) in [5, 5.41) is 9.21. The Kier molecular flexibility index (Phi) is 3.65. The number of rotatable bonds is 2. The van der Waals surface area contributed by atoms with Gasteiger partial charge in [-0.15, -0.1) is 0 Å². The zero-order chi connectivity index (χ0) is 14.8. The first kappa shape index (κ1) is 13.9. The predicted octanol–water partition coefficient (Wildman–Crippen LogP) is 3.63. The second kappa shape index (κ2) is 5.24. The molecule has 0 aliphatic heterocycles. The number of benzene rings is 2. The van der Waals surface area contributed by atoms with Crippen LogP contribution in [0.1, 0.15) is 15.9 Å². The van der Waals surface area contributed by atoms with Crippen molar-refractivity contribution in [2.24, 2.45) is 0 Å². The number of esters is 1. The van der Waals surface area contributed by atoms with Crippen molar-refractivity contribution in [3.63, 3.8) is 0 Å². The third kappa shape index (κ3) is 3.28. The molecule has 104 valence electrons. The first-order valence-electron chi connectivity index (χ1n) is 5.55. The quantitative estimate of drug-likeness (QED) is 0.675. The second-order valence-electron chi connectivity index (χ2n) is 3.96. The highest BCUT2D eigenvalue weighted by Gasteiger charge is 2.30. The van der Waals surface area contributed by atoms with Crippen LogP contribution in [-0.4, -0.2) is 11.1 Å². The fraction of sp³-hybridized carbons (Fsp3) is 0.0714. The number of phenols is 1. The number of carbonyl (C=O) groups is 1. The minimum Gasteiger partial charge on any atom is -0.508 e. The van der Waals surface area contributed by atoms with Crippen LogP contribution in [0.15, 0.2) is 48.5 Å². The summed E-state index contributed by atoms with van der Waals surface area (Å²) in [5.41, 5.74) is -0.854. The topological polar surface area (TPSA) is 46.5 Å². The van der Waals surface area contributed by atoms with Gasteiger partial charge in [0.25, 0.3) is 0 Å². The van der Waals surface area contributed by atoms with E-state index >= 15 is 0 Å². The van der Waals surface area contributed by atoms with E-state index in [2.05, 4.69) is 0 Å². The Morgan fingerprint density at radius 2 is 1.70 bits per heavy atom. The zero-order valence-electron chi connectivity index (χ0n) is 10.0. The van der Waals surface area contributed by atoms with Gasteiger partial charge in [0, 0.05) is 6.07 Å². The summed E-state index contributed by atoms with van der Waals surface area (Å²) in [5.74, 6) is -0.776. The summed E-state index contributed by atoms with van der Waals surface area (Å²) in [6.07, 6.45) is -4.45. The van der Waals surface area contributed by atoms with Gasteiger partial charge in [0.05, 0.1) is 11.1 Å². The van der Waals surface area contributed by atoms with Gasteiger partial charge >= 0.3 is 12.1 Å². The average Bonchev–Trinajstić information content (AvgIpc) is 2.38. The fourth-order valence-electron chi connectivity index (χ4n) is 1.51. The number of aromatic hydroxyl groups is 1. The third-order valence-corrected chi connectivity index (χ3v) is 2.48. The minimum atomic E-state index is -4.45. The van der Waals surface area contributed by atoms with Crippen LogP contribution in [0.5, 0.6) is 11.5 Å². The minimum absolute atomic E-state index is 0.0126. The van der Waals surface area contributed by atoms with Crippen LogP contribution >= 0.6 is 0 Å². The van der Waals surface area contributed by atoms with Gasteiger partial charge in [0.2, 0.25) is 0 Å². The molecule has 1 N–H and O–H groups in total. The van der Waals surface area contributed by atoms with E-state index in [-0.39, 0.29) is 17.1 Å². The number of phenolic OH excluding ortho intramolecular Hbond substituents is 1. The molecule has 0 fully saturated rings. The van der Waals surface area contributed by atoms with Gasteiger partial charge in [-0.1, -0.05) is 6.07 Å². The molecule has 3 nitrogen and oxygen atoms in total. The number of hydrogen-bond acceptors (Lipinski definition) is 3. The van der Waals surface area contributed by atoms with Gasteiger partial charge in [0.15, 0.2) is 0 Å². The summed E-state index contributed by atoms with van der Waals surface area (Å²) in [4.78, 5) is 11.7. The Hall–Kier alpha value is -2.50. The molecule has 0 atom stereocenters. The standard InChI is InChI=1S/C14H9F3O3/c15-14(16,17)10-6-4-9(5-7-10)13(19)20-12-3-1-2-11(18)8-12/h1-8,18H.